The third-order valence-corrected chi connectivity index (χ3v) is 4.18. The maximum Gasteiger partial charge on any atom is 0.225 e. The molecule has 25 heavy (non-hydrogen) atoms. The number of fused-ring (bicyclic) bond motifs is 1. The molecule has 0 saturated heterocycles. The van der Waals surface area contributed by atoms with Gasteiger partial charge in [-0.3, -0.25) is 4.79 Å². The zero-order valence-corrected chi connectivity index (χ0v) is 13.7. The van der Waals surface area contributed by atoms with Crippen LogP contribution in [-0.2, 0) is 17.6 Å². The van der Waals surface area contributed by atoms with Gasteiger partial charge in [0.15, 0.2) is 0 Å². The fourth-order valence-electron chi connectivity index (χ4n) is 2.91. The Balaban J connectivity index is 1.45. The molecule has 126 valence electrons. The molecule has 1 aromatic carbocycles. The van der Waals surface area contributed by atoms with E-state index in [1.54, 1.807) is 12.3 Å². The number of aromatic nitrogens is 1. The van der Waals surface area contributed by atoms with E-state index in [0.717, 1.165) is 35.8 Å². The molecule has 3 heterocycles. The standard InChI is InChI=1S/C20H18N2O3/c23-20(9-7-16-3-2-11-24-16)22-19-5-1-4-17(21-19)14-6-8-18-15(13-14)10-12-25-18/h1-6,8,11,13H,7,9-10,12H2,(H,21,22,23). The number of hydrogen-bond donors (Lipinski definition) is 1. The predicted molar refractivity (Wildman–Crippen MR) is 94.5 cm³/mol. The minimum atomic E-state index is -0.0802. The van der Waals surface area contributed by atoms with E-state index in [0.29, 0.717) is 18.7 Å². The number of amides is 1. The van der Waals surface area contributed by atoms with Crippen molar-refractivity contribution in [3.8, 4) is 17.0 Å². The first-order valence-corrected chi connectivity index (χ1v) is 8.33. The molecule has 4 rings (SSSR count). The van der Waals surface area contributed by atoms with Crippen LogP contribution < -0.4 is 10.1 Å². The molecule has 5 nitrogen and oxygen atoms in total. The molecule has 0 fully saturated rings. The number of rotatable bonds is 5. The number of benzene rings is 1. The molecule has 1 aliphatic heterocycles. The van der Waals surface area contributed by atoms with Crippen molar-refractivity contribution in [2.24, 2.45) is 0 Å². The van der Waals surface area contributed by atoms with E-state index in [1.165, 1.54) is 5.56 Å². The molecule has 0 bridgehead atoms. The van der Waals surface area contributed by atoms with Gasteiger partial charge in [0, 0.05) is 24.8 Å². The van der Waals surface area contributed by atoms with Gasteiger partial charge in [-0.2, -0.15) is 0 Å². The monoisotopic (exact) mass is 334 g/mol. The third-order valence-electron chi connectivity index (χ3n) is 4.18. The number of furan rings is 1. The Morgan fingerprint density at radius 3 is 3.00 bits per heavy atom. The summed E-state index contributed by atoms with van der Waals surface area (Å²) >= 11 is 0. The molecule has 0 atom stereocenters. The van der Waals surface area contributed by atoms with Crippen molar-refractivity contribution in [3.63, 3.8) is 0 Å². The fraction of sp³-hybridized carbons (Fsp3) is 0.200. The summed E-state index contributed by atoms with van der Waals surface area (Å²) in [5.74, 6) is 2.23. The predicted octanol–water partition coefficient (Wildman–Crippen LogP) is 3.85. The van der Waals surface area contributed by atoms with Gasteiger partial charge < -0.3 is 14.5 Å². The van der Waals surface area contributed by atoms with Crippen molar-refractivity contribution in [1.82, 2.24) is 4.98 Å². The first-order valence-electron chi connectivity index (χ1n) is 8.33. The van der Waals surface area contributed by atoms with Crippen LogP contribution in [-0.4, -0.2) is 17.5 Å². The Morgan fingerprint density at radius 1 is 1.16 bits per heavy atom. The second kappa shape index (κ2) is 6.81. The lowest BCUT2D eigenvalue weighted by molar-refractivity contribution is -0.116. The van der Waals surface area contributed by atoms with Gasteiger partial charge in [0.1, 0.15) is 17.3 Å². The second-order valence-corrected chi connectivity index (χ2v) is 5.96. The van der Waals surface area contributed by atoms with Crippen molar-refractivity contribution in [2.45, 2.75) is 19.3 Å². The highest BCUT2D eigenvalue weighted by molar-refractivity contribution is 5.90. The first-order chi connectivity index (χ1) is 12.3. The maximum absolute atomic E-state index is 12.1. The number of pyridine rings is 1. The summed E-state index contributed by atoms with van der Waals surface area (Å²) in [4.78, 5) is 16.7. The Bertz CT molecular complexity index is 888. The van der Waals surface area contributed by atoms with Crippen LogP contribution in [0.2, 0.25) is 0 Å². The summed E-state index contributed by atoms with van der Waals surface area (Å²) in [6.07, 6.45) is 3.46. The minimum absolute atomic E-state index is 0.0802. The fourth-order valence-corrected chi connectivity index (χ4v) is 2.91. The van der Waals surface area contributed by atoms with Crippen molar-refractivity contribution in [1.29, 1.82) is 0 Å². The highest BCUT2D eigenvalue weighted by Crippen LogP contribution is 2.30. The smallest absolute Gasteiger partial charge is 0.225 e. The highest BCUT2D eigenvalue weighted by Gasteiger charge is 2.13. The number of ether oxygens (including phenoxy) is 1. The molecule has 0 radical (unpaired) electrons. The molecule has 2 aromatic heterocycles. The van der Waals surface area contributed by atoms with Crippen LogP contribution >= 0.6 is 0 Å². The molecular formula is C20H18N2O3. The molecule has 0 unspecified atom stereocenters. The summed E-state index contributed by atoms with van der Waals surface area (Å²) in [5.41, 5.74) is 3.06. The van der Waals surface area contributed by atoms with E-state index in [4.69, 9.17) is 9.15 Å². The lowest BCUT2D eigenvalue weighted by Crippen LogP contribution is -2.13. The quantitative estimate of drug-likeness (QED) is 0.770. The molecule has 1 aliphatic rings. The number of hydrogen-bond acceptors (Lipinski definition) is 4. The van der Waals surface area contributed by atoms with Gasteiger partial charge in [-0.25, -0.2) is 4.98 Å². The van der Waals surface area contributed by atoms with Crippen molar-refractivity contribution >= 4 is 11.7 Å². The number of carbonyl (C=O) groups is 1. The maximum atomic E-state index is 12.1. The van der Waals surface area contributed by atoms with Crippen LogP contribution in [0.3, 0.4) is 0 Å². The average molecular weight is 334 g/mol. The summed E-state index contributed by atoms with van der Waals surface area (Å²) in [7, 11) is 0. The Morgan fingerprint density at radius 2 is 2.12 bits per heavy atom. The van der Waals surface area contributed by atoms with Crippen LogP contribution in [0.1, 0.15) is 17.7 Å². The van der Waals surface area contributed by atoms with Gasteiger partial charge in [0.05, 0.1) is 18.6 Å². The SMILES string of the molecule is O=C(CCc1ccco1)Nc1cccc(-c2ccc3c(c2)CCO3)n1. The molecule has 1 N–H and O–H groups in total. The Kier molecular flexibility index (Phi) is 4.21. The van der Waals surface area contributed by atoms with Gasteiger partial charge in [0.25, 0.3) is 0 Å². The molecule has 0 saturated carbocycles. The van der Waals surface area contributed by atoms with E-state index in [1.807, 2.05) is 36.4 Å². The van der Waals surface area contributed by atoms with Crippen molar-refractivity contribution in [2.75, 3.05) is 11.9 Å². The Labute approximate surface area is 145 Å². The topological polar surface area (TPSA) is 64.4 Å². The number of nitrogens with zero attached hydrogens (tertiary/aromatic N) is 1. The summed E-state index contributed by atoms with van der Waals surface area (Å²) in [5, 5.41) is 2.85. The van der Waals surface area contributed by atoms with Gasteiger partial charge in [-0.05, 0) is 48.0 Å². The van der Waals surface area contributed by atoms with Crippen LogP contribution in [0.25, 0.3) is 11.3 Å². The van der Waals surface area contributed by atoms with E-state index >= 15 is 0 Å². The first kappa shape index (κ1) is 15.4. The van der Waals surface area contributed by atoms with E-state index in [9.17, 15) is 4.79 Å². The van der Waals surface area contributed by atoms with Crippen LogP contribution in [0.15, 0.2) is 59.2 Å². The van der Waals surface area contributed by atoms with Gasteiger partial charge >= 0.3 is 0 Å². The molecule has 5 heteroatoms. The normalized spacial score (nSPS) is 12.5. The van der Waals surface area contributed by atoms with E-state index in [2.05, 4.69) is 16.4 Å². The number of nitrogens with one attached hydrogen (secondary N) is 1. The summed E-state index contributed by atoms with van der Waals surface area (Å²) in [6, 6.07) is 15.4. The Hall–Kier alpha value is -3.08. The number of anilines is 1. The second-order valence-electron chi connectivity index (χ2n) is 5.96. The van der Waals surface area contributed by atoms with Crippen molar-refractivity contribution < 1.29 is 13.9 Å². The molecular weight excluding hydrogens is 316 g/mol. The molecule has 0 aliphatic carbocycles. The third kappa shape index (κ3) is 3.55. The molecule has 0 spiro atoms. The van der Waals surface area contributed by atoms with Gasteiger partial charge in [-0.15, -0.1) is 0 Å². The summed E-state index contributed by atoms with van der Waals surface area (Å²) < 4.78 is 10.8. The minimum Gasteiger partial charge on any atom is -0.493 e. The van der Waals surface area contributed by atoms with E-state index < -0.39 is 0 Å². The largest absolute Gasteiger partial charge is 0.493 e. The van der Waals surface area contributed by atoms with Crippen molar-refractivity contribution in [3.05, 3.63) is 66.1 Å². The summed E-state index contributed by atoms with van der Waals surface area (Å²) in [6.45, 7) is 0.734. The van der Waals surface area contributed by atoms with Crippen LogP contribution in [0.4, 0.5) is 5.82 Å². The van der Waals surface area contributed by atoms with E-state index in [-0.39, 0.29) is 5.91 Å². The van der Waals surface area contributed by atoms with Crippen LogP contribution in [0.5, 0.6) is 5.75 Å². The zero-order valence-electron chi connectivity index (χ0n) is 13.7. The van der Waals surface area contributed by atoms with Gasteiger partial charge in [0.2, 0.25) is 5.91 Å². The lowest BCUT2D eigenvalue weighted by atomic mass is 10.1. The highest BCUT2D eigenvalue weighted by atomic mass is 16.5. The zero-order chi connectivity index (χ0) is 17.1. The van der Waals surface area contributed by atoms with Gasteiger partial charge in [-0.1, -0.05) is 6.07 Å². The van der Waals surface area contributed by atoms with Crippen LogP contribution in [0, 0.1) is 0 Å². The average Bonchev–Trinajstić information content (AvgIpc) is 3.31. The number of carbonyl (C=O) groups excluding carboxylic acids is 1. The molecule has 1 amide bonds. The lowest BCUT2D eigenvalue weighted by Gasteiger charge is -2.07. The molecule has 3 aromatic rings. The number of aryl methyl sites for hydroxylation is 1.